The van der Waals surface area contributed by atoms with E-state index in [4.69, 9.17) is 9.97 Å². The second-order valence-electron chi connectivity index (χ2n) is 16.3. The first-order chi connectivity index (χ1) is 23.6. The van der Waals surface area contributed by atoms with Crippen LogP contribution in [0, 0.1) is 0 Å². The summed E-state index contributed by atoms with van der Waals surface area (Å²) in [5, 5.41) is 12.0. The number of hydrogen-bond acceptors (Lipinski definition) is 3. The second kappa shape index (κ2) is 13.9. The molecule has 0 aliphatic rings. The Morgan fingerprint density at radius 1 is 0.480 bits per heavy atom. The molecular weight excluding hydrogens is 805 g/mol. The topological polar surface area (TPSA) is 46.0 Å². The van der Waals surface area contributed by atoms with Crippen LogP contribution in [0.1, 0.15) is 79.0 Å². The van der Waals surface area contributed by atoms with Gasteiger partial charge in [0.1, 0.15) is 0 Å². The van der Waals surface area contributed by atoms with Crippen molar-refractivity contribution in [2.45, 2.75) is 78.6 Å². The maximum absolute atomic E-state index is 12.0. The minimum absolute atomic E-state index is 0.0201. The van der Waals surface area contributed by atoms with Gasteiger partial charge < -0.3 is 0 Å². The van der Waals surface area contributed by atoms with Gasteiger partial charge in [-0.05, 0) is 0 Å². The van der Waals surface area contributed by atoms with E-state index in [-0.39, 0.29) is 16.2 Å². The van der Waals surface area contributed by atoms with Gasteiger partial charge in [0, 0.05) is 0 Å². The van der Waals surface area contributed by atoms with E-state index in [1.54, 1.807) is 0 Å². The fraction of sp³-hybridized carbons (Fsp3) is 0.261. The van der Waals surface area contributed by atoms with Crippen LogP contribution in [-0.4, -0.2) is 36.8 Å². The summed E-state index contributed by atoms with van der Waals surface area (Å²) in [6, 6.07) is 43.8. The van der Waals surface area contributed by atoms with E-state index in [0.717, 1.165) is 39.3 Å². The van der Waals surface area contributed by atoms with Crippen molar-refractivity contribution in [2.75, 3.05) is 0 Å². The molecule has 0 amide bonds. The van der Waals surface area contributed by atoms with E-state index < -0.39 is 21.8 Å². The Balaban J connectivity index is 1.63. The molecule has 0 radical (unpaired) electrons. The summed E-state index contributed by atoms with van der Waals surface area (Å²) < 4.78 is 4.11. The molecule has 0 fully saturated rings. The van der Waals surface area contributed by atoms with E-state index in [1.165, 1.54) is 20.9 Å². The summed E-state index contributed by atoms with van der Waals surface area (Å²) >= 11 is -2.84. The van der Waals surface area contributed by atoms with Crippen molar-refractivity contribution < 1.29 is 5.11 Å². The van der Waals surface area contributed by atoms with Gasteiger partial charge in [0.25, 0.3) is 0 Å². The third-order valence-electron chi connectivity index (χ3n) is 9.24. The number of aromatic nitrogens is 2. The Hall–Kier alpha value is -4.14. The summed E-state index contributed by atoms with van der Waals surface area (Å²) in [5.41, 5.74) is 8.55. The molecule has 0 bridgehead atoms. The van der Waals surface area contributed by atoms with Crippen LogP contribution < -0.4 is 9.81 Å². The Bertz CT molecular complexity index is 2080. The van der Waals surface area contributed by atoms with Crippen molar-refractivity contribution >= 4 is 31.6 Å². The zero-order valence-electron chi connectivity index (χ0n) is 30.9. The summed E-state index contributed by atoms with van der Waals surface area (Å²) in [6.45, 7) is 19.9. The van der Waals surface area contributed by atoms with Gasteiger partial charge in [-0.25, -0.2) is 0 Å². The molecule has 4 aromatic carbocycles. The molecule has 0 unspecified atom stereocenters. The van der Waals surface area contributed by atoms with Gasteiger partial charge in [0.2, 0.25) is 0 Å². The second-order valence-corrected chi connectivity index (χ2v) is 24.9. The monoisotopic (exact) mass is 854 g/mol. The third-order valence-corrected chi connectivity index (χ3v) is 18.6. The van der Waals surface area contributed by atoms with E-state index >= 15 is 0 Å². The number of nitrogens with zero attached hydrogens (tertiary/aromatic N) is 2. The molecule has 0 saturated heterocycles. The van der Waals surface area contributed by atoms with Crippen LogP contribution in [0.25, 0.3) is 33.8 Å². The molecule has 0 saturated carbocycles. The van der Waals surface area contributed by atoms with E-state index in [0.29, 0.717) is 5.75 Å². The zero-order chi connectivity index (χ0) is 35.8. The fourth-order valence-electron chi connectivity index (χ4n) is 6.26. The number of phenolic OH excluding ortho intramolecular Hbond substituents is 1. The molecule has 2 aromatic heterocycles. The molecule has 6 aromatic rings. The quantitative estimate of drug-likeness (QED) is 0.170. The van der Waals surface area contributed by atoms with Gasteiger partial charge in [0.05, 0.1) is 0 Å². The molecule has 6 rings (SSSR count). The van der Waals surface area contributed by atoms with Gasteiger partial charge >= 0.3 is 309 Å². The van der Waals surface area contributed by atoms with Crippen molar-refractivity contribution in [2.24, 2.45) is 0 Å². The minimum atomic E-state index is -2.84. The van der Waals surface area contributed by atoms with Gasteiger partial charge in [0.15, 0.2) is 0 Å². The van der Waals surface area contributed by atoms with Gasteiger partial charge in [-0.1, -0.05) is 0 Å². The van der Waals surface area contributed by atoms with Crippen molar-refractivity contribution in [3.8, 4) is 39.5 Å². The molecule has 3 nitrogen and oxygen atoms in total. The Morgan fingerprint density at radius 2 is 1.04 bits per heavy atom. The van der Waals surface area contributed by atoms with Gasteiger partial charge in [-0.2, -0.15) is 0 Å². The van der Waals surface area contributed by atoms with Gasteiger partial charge in [-0.15, -0.1) is 0 Å². The predicted octanol–water partition coefficient (Wildman–Crippen LogP) is 9.59. The first kappa shape index (κ1) is 35.7. The maximum atomic E-state index is 12.0. The molecule has 0 aliphatic carbocycles. The summed E-state index contributed by atoms with van der Waals surface area (Å²) in [5.74, 6) is 0.309. The number of pyridine rings is 2. The van der Waals surface area contributed by atoms with Crippen molar-refractivity contribution in [1.29, 1.82) is 0 Å². The van der Waals surface area contributed by atoms with Crippen LogP contribution in [0.5, 0.6) is 5.75 Å². The Labute approximate surface area is 307 Å². The molecule has 2 heterocycles. The molecule has 254 valence electrons. The van der Waals surface area contributed by atoms with Crippen LogP contribution in [0.15, 0.2) is 128 Å². The van der Waals surface area contributed by atoms with Crippen LogP contribution >= 0.6 is 0 Å². The predicted molar refractivity (Wildman–Crippen MR) is 214 cm³/mol. The molecule has 0 spiro atoms. The van der Waals surface area contributed by atoms with E-state index in [9.17, 15) is 5.11 Å². The number of benzene rings is 4. The number of hydrogen-bond donors (Lipinski definition) is 1. The van der Waals surface area contributed by atoms with Crippen molar-refractivity contribution in [3.05, 3.63) is 144 Å². The first-order valence-corrected chi connectivity index (χ1v) is 22.7. The van der Waals surface area contributed by atoms with E-state index in [1.807, 2.05) is 6.20 Å². The molecule has 50 heavy (non-hydrogen) atoms. The molecular formula is C46H49BiN2O. The summed E-state index contributed by atoms with van der Waals surface area (Å²) in [6.07, 6.45) is 1.91. The Kier molecular flexibility index (Phi) is 9.90. The molecule has 4 heteroatoms. The Morgan fingerprint density at radius 3 is 1.60 bits per heavy atom. The molecule has 0 atom stereocenters. The SMILES string of the molecule is CC(C)(C)c1ccnc(-c2cccc(-c3c[c]([Bi]([c]4ccccc4)[c]4ccccc4)cc(-c4cc(C(C)(C)C)cc(C(C)(C)C)c4O)n3)c2)c1. The zero-order valence-corrected chi connectivity index (χ0v) is 34.4. The summed E-state index contributed by atoms with van der Waals surface area (Å²) in [7, 11) is 0. The van der Waals surface area contributed by atoms with Crippen molar-refractivity contribution in [1.82, 2.24) is 9.97 Å². The third kappa shape index (κ3) is 7.77. The van der Waals surface area contributed by atoms with E-state index in [2.05, 4.69) is 184 Å². The average Bonchev–Trinajstić information content (AvgIpc) is 3.08. The van der Waals surface area contributed by atoms with Crippen LogP contribution in [0.4, 0.5) is 0 Å². The summed E-state index contributed by atoms with van der Waals surface area (Å²) in [4.78, 5) is 10.2. The van der Waals surface area contributed by atoms with Gasteiger partial charge in [-0.3, -0.25) is 0 Å². The van der Waals surface area contributed by atoms with Crippen molar-refractivity contribution in [3.63, 3.8) is 0 Å². The van der Waals surface area contributed by atoms with Crippen LogP contribution in [0.3, 0.4) is 0 Å². The normalized spacial score (nSPS) is 12.4. The first-order valence-electron chi connectivity index (χ1n) is 17.5. The average molecular weight is 855 g/mol. The standard InChI is InChI=1S/C34H39N2O.2C6H5.Bi/c1-32(2,3)24-16-17-35-30(21-24)23-13-10-12-22(18-23)28-14-11-15-29(36-28)26-19-25(33(4,5)6)20-27(31(26)37)34(7,8)9;2*1-2-4-6-5-3-1;/h10,12-21,37H,1-9H3;2*1-5H;. The number of aromatic hydroxyl groups is 1. The fourth-order valence-corrected chi connectivity index (χ4v) is 15.3. The molecule has 0 aliphatic heterocycles. The van der Waals surface area contributed by atoms with Crippen LogP contribution in [-0.2, 0) is 16.2 Å². The van der Waals surface area contributed by atoms with Crippen LogP contribution in [0.2, 0.25) is 0 Å². The number of phenols is 1. The number of rotatable bonds is 6. The molecule has 1 N–H and O–H groups in total.